The van der Waals surface area contributed by atoms with Gasteiger partial charge >= 0.3 is 24.1 Å². The van der Waals surface area contributed by atoms with Gasteiger partial charge in [-0.15, -0.1) is 0 Å². The number of ether oxygens (including phenoxy) is 10. The summed E-state index contributed by atoms with van der Waals surface area (Å²) in [5.74, 6) is -3.13. The van der Waals surface area contributed by atoms with Crippen LogP contribution in [0.3, 0.4) is 0 Å². The molecule has 0 aromatic heterocycles. The first-order valence-electron chi connectivity index (χ1n) is 37.1. The van der Waals surface area contributed by atoms with Crippen molar-refractivity contribution in [3.05, 3.63) is 93.0 Å². The third-order valence-corrected chi connectivity index (χ3v) is 22.0. The number of allylic oxidation sites excluding steroid dienone is 6. The van der Waals surface area contributed by atoms with E-state index in [1.54, 1.807) is 104 Å². The summed E-state index contributed by atoms with van der Waals surface area (Å²) in [5, 5.41) is 28.9. The average Bonchev–Trinajstić information content (AvgIpc) is 1.58. The lowest BCUT2D eigenvalue weighted by Crippen LogP contribution is -2.63. The number of hydrogen-bond donors (Lipinski definition) is 6. The lowest BCUT2D eigenvalue weighted by molar-refractivity contribution is -0.162. The van der Waals surface area contributed by atoms with Gasteiger partial charge in [0.2, 0.25) is 23.6 Å². The van der Waals surface area contributed by atoms with Crippen molar-refractivity contribution in [3.63, 3.8) is 0 Å². The van der Waals surface area contributed by atoms with Crippen LogP contribution >= 0.6 is 48.5 Å². The van der Waals surface area contributed by atoms with E-state index in [1.807, 2.05) is 46.8 Å². The second-order valence-corrected chi connectivity index (χ2v) is 32.4. The monoisotopic (exact) mass is 1580 g/mol. The Hall–Kier alpha value is -6.60. The van der Waals surface area contributed by atoms with Gasteiger partial charge in [0.15, 0.2) is 11.4 Å². The maximum Gasteiger partial charge on any atom is 0.409 e. The van der Waals surface area contributed by atoms with Crippen molar-refractivity contribution < 1.29 is 98.7 Å². The Morgan fingerprint density at radius 1 is 0.682 bits per heavy atom. The predicted octanol–water partition coefficient (Wildman–Crippen LogP) is 10.9. The number of carbonyl (C=O) groups is 8. The number of anilines is 2. The SMILES string of the molecule is COc1cc2cc(c1Cl)N(C)C(=O)CC(OC(=O)[C@H](C)N(C)C(=O)CCC(C)(C)S)C1(C)OC1C(C)C1CC(O)(NC(=O)O1)C(OC)/C=C/C=C(\C)C2.COc1cc2cc(c1Cl)N(C)C(=O)CC(OC(=O)[C@H](C)N(C)C(=O)CCC(C)S)C1(C)OC1C(C)C1CC(O)(NC(=O)O1)C(OC)/C=C/C=C(\C)C2.[2H]C.[2H]C. The van der Waals surface area contributed by atoms with Crippen LogP contribution in [0.2, 0.25) is 10.0 Å². The molecular weight excluding hydrogens is 1460 g/mol. The molecule has 8 bridgehead atoms. The van der Waals surface area contributed by atoms with Crippen LogP contribution in [0.15, 0.2) is 71.9 Å². The molecule has 0 spiro atoms. The van der Waals surface area contributed by atoms with Crippen molar-refractivity contribution in [2.24, 2.45) is 11.8 Å². The highest BCUT2D eigenvalue weighted by molar-refractivity contribution is 7.81. The van der Waals surface area contributed by atoms with Gasteiger partial charge in [-0.1, -0.05) is 120 Å². The number of carbonyl (C=O) groups excluding carboxylic acids is 8. The molecule has 0 radical (unpaired) electrons. The van der Waals surface area contributed by atoms with E-state index in [1.165, 1.54) is 76.9 Å². The number of methoxy groups -OCH3 is 4. The average molecular weight is 1580 g/mol. The number of fused-ring (bicyclic) bond motifs is 10. The Labute approximate surface area is 654 Å². The first kappa shape index (κ1) is 87.6. The number of rotatable bonds is 16. The van der Waals surface area contributed by atoms with Crippen LogP contribution < -0.4 is 29.9 Å². The number of nitrogens with zero attached hydrogens (tertiary/aromatic N) is 4. The van der Waals surface area contributed by atoms with Crippen LogP contribution in [-0.2, 0) is 79.5 Å². The molecule has 30 heteroatoms. The molecule has 0 saturated carbocycles. The van der Waals surface area contributed by atoms with Crippen LogP contribution in [0.5, 0.6) is 11.5 Å². The molecule has 2 aromatic rings. The summed E-state index contributed by atoms with van der Waals surface area (Å²) >= 11 is 22.4. The molecule has 107 heavy (non-hydrogen) atoms. The Balaban J connectivity index is 0.000000374. The number of amides is 6. The fraction of sp³-hybridized carbons (Fsp3) is 0.636. The molecule has 6 aliphatic rings. The number of thiol groups is 2. The maximum atomic E-state index is 14.1. The zero-order chi connectivity index (χ0) is 82.3. The van der Waals surface area contributed by atoms with Gasteiger partial charge in [-0.25, -0.2) is 19.2 Å². The topological polar surface area (TPSA) is 313 Å². The number of esters is 2. The van der Waals surface area contributed by atoms with Gasteiger partial charge in [-0.2, -0.15) is 25.3 Å². The van der Waals surface area contributed by atoms with Crippen LogP contribution in [0.4, 0.5) is 21.0 Å². The van der Waals surface area contributed by atoms with Crippen molar-refractivity contribution in [3.8, 4) is 11.5 Å². The molecule has 6 amide bonds. The summed E-state index contributed by atoms with van der Waals surface area (Å²) in [7, 11) is 14.5. The van der Waals surface area contributed by atoms with E-state index in [0.29, 0.717) is 48.6 Å². The van der Waals surface area contributed by atoms with Gasteiger partial charge in [0.25, 0.3) is 0 Å². The molecule has 598 valence electrons. The number of likely N-dealkylation sites (N-methyl/N-ethyl adjacent to an activating group) is 2. The summed E-state index contributed by atoms with van der Waals surface area (Å²) in [6.07, 6.45) is 3.30. The summed E-state index contributed by atoms with van der Waals surface area (Å²) in [4.78, 5) is 113. The number of nitrogens with one attached hydrogen (secondary N) is 2. The second kappa shape index (κ2) is 37.4. The van der Waals surface area contributed by atoms with Gasteiger partial charge in [0, 0.05) is 87.4 Å². The van der Waals surface area contributed by atoms with Crippen LogP contribution in [0.1, 0.15) is 156 Å². The summed E-state index contributed by atoms with van der Waals surface area (Å²) < 4.78 is 69.5. The number of epoxide rings is 2. The minimum atomic E-state index is -1.83. The second-order valence-electron chi connectivity index (χ2n) is 29.5. The number of halogens is 2. The van der Waals surface area contributed by atoms with Crippen LogP contribution in [0, 0.1) is 11.8 Å². The van der Waals surface area contributed by atoms with Gasteiger partial charge in [-0.3, -0.25) is 29.8 Å². The van der Waals surface area contributed by atoms with E-state index >= 15 is 0 Å². The lowest BCUT2D eigenvalue weighted by atomic mass is 9.83. The van der Waals surface area contributed by atoms with Crippen molar-refractivity contribution in [1.29, 1.82) is 0 Å². The number of aliphatic hydroxyl groups is 2. The molecule has 26 nitrogen and oxygen atoms in total. The van der Waals surface area contributed by atoms with Gasteiger partial charge in [0.1, 0.15) is 81.5 Å². The summed E-state index contributed by atoms with van der Waals surface area (Å²) in [6, 6.07) is 5.21. The third-order valence-electron chi connectivity index (χ3n) is 20.8. The quantitative estimate of drug-likeness (QED) is 0.0394. The number of hydrogen-bond acceptors (Lipinski definition) is 22. The largest absolute Gasteiger partial charge is 0.495 e. The fourth-order valence-electron chi connectivity index (χ4n) is 13.5. The van der Waals surface area contributed by atoms with Crippen molar-refractivity contribution >= 4 is 108 Å². The molecule has 15 unspecified atom stereocenters. The van der Waals surface area contributed by atoms with E-state index in [2.05, 4.69) is 35.9 Å². The minimum Gasteiger partial charge on any atom is -0.495 e. The molecule has 4 saturated heterocycles. The highest BCUT2D eigenvalue weighted by Crippen LogP contribution is 2.51. The van der Waals surface area contributed by atoms with Crippen molar-refractivity contribution in [1.82, 2.24) is 20.4 Å². The summed E-state index contributed by atoms with van der Waals surface area (Å²) in [5.41, 5.74) is -1.82. The van der Waals surface area contributed by atoms with E-state index in [4.69, 9.17) is 73.3 Å². The smallest absolute Gasteiger partial charge is 0.409 e. The normalized spacial score (nSPS) is 31.4. The number of alkyl carbamates (subject to hydrolysis) is 2. The molecule has 2 aromatic carbocycles. The first-order chi connectivity index (χ1) is 51.0. The standard InChI is InChI=1S/C38H54ClN3O10S.C37H52ClN3O10S.2CH4/c1-21-12-11-13-28(49-10)38(47)20-27(50-35(46)40-38)22(2)33-37(6,52-33)29(51-34(45)23(3)41(7)30(43)14-15-36(4,5)53)19-31(44)42(8)25-17-24(16-21)18-26(48-9)32(25)39;1-20-11-10-12-28(48-9)37(46)19-27(49-35(45)39-37)22(3)33-36(5,51-33)29(50-34(44)23(4)40(6)30(42)14-13-21(2)52)18-31(43)41(7)25-16-24(15-20)17-26(47-8)32(25)38;;/h11-13,17-18,22-23,27-29,33,47,53H,14-16,19-20H2,1-10H3,(H,40,46);10-12,16-17,21-23,27-29,33,46,52H,13-15,18-19H2,1-9H3,(H,39,45);2*1H4/b13-11+,21-12+;12-10+,20-11+;;/t22?,23-,27?,28?,29?,33?,37?,38?;21?,22?,23-,27?,28?,29?,33?,36?,37?;;/m00../s1/i;;2*1D. The maximum absolute atomic E-state index is 14.1. The molecule has 6 aliphatic heterocycles. The Morgan fingerprint density at radius 3 is 1.38 bits per heavy atom. The zero-order valence-corrected chi connectivity index (χ0v) is 68.8. The lowest BCUT2D eigenvalue weighted by Gasteiger charge is -2.42. The van der Waals surface area contributed by atoms with Gasteiger partial charge in [0.05, 0.1) is 50.6 Å². The molecule has 8 rings (SSSR count). The Bertz CT molecular complexity index is 3700. The van der Waals surface area contributed by atoms with Crippen LogP contribution in [0.25, 0.3) is 0 Å². The van der Waals surface area contributed by atoms with Gasteiger partial charge < -0.3 is 77.2 Å². The van der Waals surface area contributed by atoms with E-state index in [-0.39, 0.29) is 70.4 Å². The molecule has 0 aliphatic carbocycles. The summed E-state index contributed by atoms with van der Waals surface area (Å²) in [6.45, 7) is 19.7. The predicted molar refractivity (Wildman–Crippen MR) is 415 cm³/mol. The highest BCUT2D eigenvalue weighted by Gasteiger charge is 2.66. The molecule has 4 fully saturated rings. The molecular formula is C77H114Cl2N6O20S2. The van der Waals surface area contributed by atoms with Crippen LogP contribution in [-0.4, -0.2) is 218 Å². The third kappa shape index (κ3) is 22.1. The van der Waals surface area contributed by atoms with E-state index in [0.717, 1.165) is 22.3 Å². The highest BCUT2D eigenvalue weighted by atomic mass is 35.5. The molecule has 17 atom stereocenters. The fourth-order valence-corrected chi connectivity index (χ4v) is 14.4. The Kier molecular flexibility index (Phi) is 30.6. The van der Waals surface area contributed by atoms with Crippen molar-refractivity contribution in [2.45, 2.75) is 249 Å². The Morgan fingerprint density at radius 2 is 1.05 bits per heavy atom. The molecule has 4 N–H and O–H groups in total. The zero-order valence-electron chi connectivity index (χ0n) is 67.5. The molecule has 6 heterocycles. The van der Waals surface area contributed by atoms with Crippen molar-refractivity contribution in [2.75, 3.05) is 66.4 Å². The number of benzene rings is 2. The van der Waals surface area contributed by atoms with E-state index in [9.17, 15) is 48.6 Å². The van der Waals surface area contributed by atoms with E-state index < -0.39 is 131 Å². The minimum absolute atomic E-state index is 0.00636. The van der Waals surface area contributed by atoms with Gasteiger partial charge in [-0.05, 0) is 108 Å². The first-order valence-corrected chi connectivity index (χ1v) is 36.8.